The Morgan fingerprint density at radius 1 is 1.37 bits per heavy atom. The van der Waals surface area contributed by atoms with Crippen molar-refractivity contribution >= 4 is 21.4 Å². The normalized spacial score (nSPS) is 16.6. The number of carbonyl (C=O) groups is 1. The lowest BCUT2D eigenvalue weighted by Crippen LogP contribution is -2.25. The summed E-state index contributed by atoms with van der Waals surface area (Å²) in [6.07, 6.45) is 2.41. The van der Waals surface area contributed by atoms with Gasteiger partial charge in [-0.25, -0.2) is 8.42 Å². The molecule has 1 heterocycles. The topological polar surface area (TPSA) is 75.3 Å². The number of hydrogen-bond donors (Lipinski definition) is 2. The van der Waals surface area contributed by atoms with E-state index in [0.717, 1.165) is 16.8 Å². The molecule has 104 valence electrons. The summed E-state index contributed by atoms with van der Waals surface area (Å²) in [6.45, 7) is 0. The van der Waals surface area contributed by atoms with Crippen LogP contribution in [0, 0.1) is 0 Å². The van der Waals surface area contributed by atoms with Gasteiger partial charge in [-0.15, -0.1) is 0 Å². The van der Waals surface area contributed by atoms with Crippen LogP contribution in [0.4, 0.5) is 5.69 Å². The van der Waals surface area contributed by atoms with Crippen LogP contribution in [0.2, 0.25) is 0 Å². The van der Waals surface area contributed by atoms with Crippen LogP contribution in [-0.2, 0) is 21.1 Å². The molecular weight excluding hydrogens is 264 g/mol. The number of hydrogen-bond acceptors (Lipinski definition) is 4. The van der Waals surface area contributed by atoms with Gasteiger partial charge in [0.15, 0.2) is 0 Å². The molecule has 0 radical (unpaired) electrons. The minimum atomic E-state index is -3.05. The molecule has 1 atom stereocenters. The Morgan fingerprint density at radius 2 is 2.11 bits per heavy atom. The van der Waals surface area contributed by atoms with Gasteiger partial charge in [-0.3, -0.25) is 4.79 Å². The third kappa shape index (κ3) is 3.54. The number of nitrogens with one attached hydrogen (secondary N) is 2. The molecule has 6 heteroatoms. The van der Waals surface area contributed by atoms with Crippen LogP contribution in [-0.4, -0.2) is 33.4 Å². The maximum atomic E-state index is 11.4. The molecule has 2 rings (SSSR count). The monoisotopic (exact) mass is 282 g/mol. The summed E-state index contributed by atoms with van der Waals surface area (Å²) in [5, 5.41) is 5.84. The zero-order chi connectivity index (χ0) is 14.0. The highest BCUT2D eigenvalue weighted by atomic mass is 32.2. The van der Waals surface area contributed by atoms with Crippen LogP contribution in [0.15, 0.2) is 18.2 Å². The van der Waals surface area contributed by atoms with Crippen LogP contribution in [0.5, 0.6) is 0 Å². The first kappa shape index (κ1) is 14.0. The van der Waals surface area contributed by atoms with Crippen molar-refractivity contribution in [3.05, 3.63) is 29.3 Å². The first-order valence-electron chi connectivity index (χ1n) is 6.17. The first-order valence-corrected chi connectivity index (χ1v) is 8.23. The van der Waals surface area contributed by atoms with E-state index < -0.39 is 9.84 Å². The molecule has 1 aliphatic rings. The number of carbonyl (C=O) groups excluding carboxylic acids is 1. The van der Waals surface area contributed by atoms with Crippen molar-refractivity contribution in [3.63, 3.8) is 0 Å². The molecular formula is C13H18N2O3S. The van der Waals surface area contributed by atoms with E-state index in [9.17, 15) is 13.2 Å². The highest BCUT2D eigenvalue weighted by Gasteiger charge is 2.19. The molecule has 1 aliphatic heterocycles. The van der Waals surface area contributed by atoms with Crippen molar-refractivity contribution in [1.82, 2.24) is 5.32 Å². The Balaban J connectivity index is 2.28. The van der Waals surface area contributed by atoms with Gasteiger partial charge >= 0.3 is 0 Å². The van der Waals surface area contributed by atoms with E-state index in [1.807, 2.05) is 18.2 Å². The summed E-state index contributed by atoms with van der Waals surface area (Å²) < 4.78 is 22.8. The van der Waals surface area contributed by atoms with Gasteiger partial charge in [0.1, 0.15) is 9.84 Å². The highest BCUT2D eigenvalue weighted by molar-refractivity contribution is 7.90. The summed E-state index contributed by atoms with van der Waals surface area (Å²) in [5.41, 5.74) is 2.82. The second-order valence-corrected chi connectivity index (χ2v) is 7.08. The molecule has 2 N–H and O–H groups in total. The molecule has 5 nitrogen and oxygen atoms in total. The summed E-state index contributed by atoms with van der Waals surface area (Å²) in [6, 6.07) is 5.45. The molecule has 1 amide bonds. The molecule has 19 heavy (non-hydrogen) atoms. The van der Waals surface area contributed by atoms with Crippen molar-refractivity contribution in [2.24, 2.45) is 0 Å². The third-order valence-corrected chi connectivity index (χ3v) is 4.18. The Hall–Kier alpha value is -1.40. The Labute approximate surface area is 113 Å². The van der Waals surface area contributed by atoms with Crippen molar-refractivity contribution in [1.29, 1.82) is 0 Å². The fraction of sp³-hybridized carbons (Fsp3) is 0.462. The second kappa shape index (κ2) is 5.30. The van der Waals surface area contributed by atoms with E-state index in [-0.39, 0.29) is 17.7 Å². The van der Waals surface area contributed by atoms with Crippen LogP contribution >= 0.6 is 0 Å². The van der Waals surface area contributed by atoms with Gasteiger partial charge < -0.3 is 10.6 Å². The predicted octanol–water partition coefficient (Wildman–Crippen LogP) is 0.876. The fourth-order valence-corrected chi connectivity index (χ4v) is 3.23. The van der Waals surface area contributed by atoms with Gasteiger partial charge in [0, 0.05) is 24.4 Å². The second-order valence-electron chi connectivity index (χ2n) is 4.90. The SMILES string of the molecule is CNC(CS(C)(=O)=O)c1ccc2c(c1)CCC(=O)N2. The lowest BCUT2D eigenvalue weighted by molar-refractivity contribution is -0.116. The fourth-order valence-electron chi connectivity index (χ4n) is 2.27. The van der Waals surface area contributed by atoms with Crippen molar-refractivity contribution in [3.8, 4) is 0 Å². The van der Waals surface area contributed by atoms with E-state index in [1.54, 1.807) is 7.05 Å². The molecule has 0 saturated carbocycles. The predicted molar refractivity (Wildman–Crippen MR) is 74.9 cm³/mol. The lowest BCUT2D eigenvalue weighted by Gasteiger charge is -2.21. The maximum Gasteiger partial charge on any atom is 0.224 e. The summed E-state index contributed by atoms with van der Waals surface area (Å²) in [4.78, 5) is 11.3. The number of sulfone groups is 1. The molecule has 0 spiro atoms. The molecule has 0 saturated heterocycles. The maximum absolute atomic E-state index is 11.4. The Morgan fingerprint density at radius 3 is 2.74 bits per heavy atom. The van der Waals surface area contributed by atoms with E-state index in [0.29, 0.717) is 12.8 Å². The summed E-state index contributed by atoms with van der Waals surface area (Å²) in [5.74, 6) is 0.0933. The standard InChI is InChI=1S/C13H18N2O3S/c1-14-12(8-19(2,17)18)10-3-5-11-9(7-10)4-6-13(16)15-11/h3,5,7,12,14H,4,6,8H2,1-2H3,(H,15,16). The van der Waals surface area contributed by atoms with Crippen molar-refractivity contribution in [2.45, 2.75) is 18.9 Å². The average Bonchev–Trinajstić information content (AvgIpc) is 2.34. The number of aryl methyl sites for hydroxylation is 1. The van der Waals surface area contributed by atoms with Crippen molar-refractivity contribution in [2.75, 3.05) is 24.4 Å². The Bertz CT molecular complexity index is 596. The van der Waals surface area contributed by atoms with Gasteiger partial charge in [0.05, 0.1) is 5.75 Å². The molecule has 1 aromatic rings. The van der Waals surface area contributed by atoms with Gasteiger partial charge in [0.25, 0.3) is 0 Å². The van der Waals surface area contributed by atoms with Gasteiger partial charge in [-0.1, -0.05) is 12.1 Å². The summed E-state index contributed by atoms with van der Waals surface area (Å²) >= 11 is 0. The zero-order valence-electron chi connectivity index (χ0n) is 11.1. The molecule has 1 aromatic carbocycles. The van der Waals surface area contributed by atoms with Gasteiger partial charge in [0.2, 0.25) is 5.91 Å². The smallest absolute Gasteiger partial charge is 0.224 e. The highest BCUT2D eigenvalue weighted by Crippen LogP contribution is 2.26. The van der Waals surface area contributed by atoms with Gasteiger partial charge in [-0.2, -0.15) is 0 Å². The number of amides is 1. The van der Waals surface area contributed by atoms with Crippen LogP contribution in [0.25, 0.3) is 0 Å². The van der Waals surface area contributed by atoms with E-state index in [1.165, 1.54) is 6.26 Å². The quantitative estimate of drug-likeness (QED) is 0.859. The third-order valence-electron chi connectivity index (χ3n) is 3.25. The first-order chi connectivity index (χ1) is 8.89. The molecule has 0 bridgehead atoms. The largest absolute Gasteiger partial charge is 0.326 e. The minimum absolute atomic E-state index is 0.0292. The van der Waals surface area contributed by atoms with Gasteiger partial charge in [-0.05, 0) is 30.7 Å². The molecule has 0 fully saturated rings. The van der Waals surface area contributed by atoms with Crippen molar-refractivity contribution < 1.29 is 13.2 Å². The number of benzene rings is 1. The Kier molecular flexibility index (Phi) is 3.91. The summed E-state index contributed by atoms with van der Waals surface area (Å²) in [7, 11) is -1.30. The molecule has 1 unspecified atom stereocenters. The van der Waals surface area contributed by atoms with E-state index in [4.69, 9.17) is 0 Å². The molecule has 0 aliphatic carbocycles. The number of fused-ring (bicyclic) bond motifs is 1. The number of rotatable bonds is 4. The van der Waals surface area contributed by atoms with Crippen LogP contribution < -0.4 is 10.6 Å². The van der Waals surface area contributed by atoms with Crippen LogP contribution in [0.3, 0.4) is 0 Å². The lowest BCUT2D eigenvalue weighted by atomic mass is 9.98. The van der Waals surface area contributed by atoms with E-state index in [2.05, 4.69) is 10.6 Å². The van der Waals surface area contributed by atoms with E-state index >= 15 is 0 Å². The number of anilines is 1. The zero-order valence-corrected chi connectivity index (χ0v) is 11.9. The minimum Gasteiger partial charge on any atom is -0.326 e. The molecule has 0 aromatic heterocycles. The van der Waals surface area contributed by atoms with Crippen LogP contribution in [0.1, 0.15) is 23.6 Å². The average molecular weight is 282 g/mol.